The maximum absolute atomic E-state index is 13.8. The lowest BCUT2D eigenvalue weighted by atomic mass is 10.0. The number of ether oxygens (including phenoxy) is 1. The van der Waals surface area contributed by atoms with Crippen LogP contribution in [-0.4, -0.2) is 47.7 Å². The van der Waals surface area contributed by atoms with E-state index in [0.29, 0.717) is 43.3 Å². The summed E-state index contributed by atoms with van der Waals surface area (Å²) in [7, 11) is 1.51. The molecule has 2 amide bonds. The number of carbonyl (C=O) groups is 2. The number of hydrogen-bond acceptors (Lipinski definition) is 4. The Morgan fingerprint density at radius 3 is 2.62 bits per heavy atom. The van der Waals surface area contributed by atoms with Crippen molar-refractivity contribution in [3.8, 4) is 11.4 Å². The molecule has 2 N–H and O–H groups in total. The minimum atomic E-state index is -0.991. The van der Waals surface area contributed by atoms with Gasteiger partial charge in [-0.15, -0.1) is 0 Å². The van der Waals surface area contributed by atoms with E-state index < -0.39 is 23.6 Å². The van der Waals surface area contributed by atoms with E-state index in [2.05, 4.69) is 15.6 Å². The highest BCUT2D eigenvalue weighted by Crippen LogP contribution is 2.26. The Kier molecular flexibility index (Phi) is 6.26. The second-order valence-corrected chi connectivity index (χ2v) is 7.18. The van der Waals surface area contributed by atoms with Crippen molar-refractivity contribution in [1.82, 2.24) is 20.2 Å². The lowest BCUT2D eigenvalue weighted by molar-refractivity contribution is -0.123. The maximum Gasteiger partial charge on any atom is 0.272 e. The highest BCUT2D eigenvalue weighted by Gasteiger charge is 2.29. The second-order valence-electron chi connectivity index (χ2n) is 7.18. The molecule has 0 bridgehead atoms. The number of carbonyl (C=O) groups excluding carboxylic acids is 2. The summed E-state index contributed by atoms with van der Waals surface area (Å²) in [5.74, 6) is -2.52. The van der Waals surface area contributed by atoms with Gasteiger partial charge in [-0.3, -0.25) is 9.59 Å². The summed E-state index contributed by atoms with van der Waals surface area (Å²) in [5.41, 5.74) is 1.15. The first-order chi connectivity index (χ1) is 13.8. The molecule has 0 saturated carbocycles. The topological polar surface area (TPSA) is 85.3 Å². The fourth-order valence-corrected chi connectivity index (χ4v) is 3.34. The van der Waals surface area contributed by atoms with Crippen LogP contribution < -0.4 is 10.6 Å². The number of amides is 2. The van der Waals surface area contributed by atoms with Crippen molar-refractivity contribution in [3.63, 3.8) is 0 Å². The number of halogens is 2. The fourth-order valence-electron chi connectivity index (χ4n) is 3.34. The zero-order chi connectivity index (χ0) is 21.1. The average molecular weight is 406 g/mol. The summed E-state index contributed by atoms with van der Waals surface area (Å²) < 4.78 is 34.4. The van der Waals surface area contributed by atoms with Gasteiger partial charge < -0.3 is 19.9 Å². The van der Waals surface area contributed by atoms with E-state index in [1.165, 1.54) is 13.1 Å². The van der Waals surface area contributed by atoms with Gasteiger partial charge in [0.15, 0.2) is 11.6 Å². The van der Waals surface area contributed by atoms with Crippen molar-refractivity contribution < 1.29 is 23.1 Å². The average Bonchev–Trinajstić information content (AvgIpc) is 2.88. The molecule has 0 fully saturated rings. The van der Waals surface area contributed by atoms with Crippen LogP contribution >= 0.6 is 0 Å². The Bertz CT molecular complexity index is 927. The number of nitrogens with one attached hydrogen (secondary N) is 2. The minimum Gasteiger partial charge on any atom is -0.379 e. The predicted octanol–water partition coefficient (Wildman–Crippen LogP) is 1.90. The first-order valence-electron chi connectivity index (χ1n) is 9.48. The lowest BCUT2D eigenvalue weighted by Crippen LogP contribution is -2.49. The van der Waals surface area contributed by atoms with Crippen molar-refractivity contribution in [2.45, 2.75) is 32.9 Å². The van der Waals surface area contributed by atoms with Crippen LogP contribution in [0.1, 0.15) is 30.0 Å². The monoisotopic (exact) mass is 406 g/mol. The Labute approximate surface area is 167 Å². The zero-order valence-electron chi connectivity index (χ0n) is 16.6. The van der Waals surface area contributed by atoms with Crippen LogP contribution in [0.3, 0.4) is 0 Å². The van der Waals surface area contributed by atoms with Crippen LogP contribution in [0.5, 0.6) is 0 Å². The van der Waals surface area contributed by atoms with Crippen molar-refractivity contribution in [1.29, 1.82) is 0 Å². The van der Waals surface area contributed by atoms with Gasteiger partial charge in [0.05, 0.1) is 18.9 Å². The molecule has 1 aliphatic rings. The number of hydrogen-bond donors (Lipinski definition) is 2. The van der Waals surface area contributed by atoms with Gasteiger partial charge in [-0.25, -0.2) is 13.8 Å². The van der Waals surface area contributed by atoms with Crippen molar-refractivity contribution in [2.24, 2.45) is 5.92 Å². The van der Waals surface area contributed by atoms with Gasteiger partial charge >= 0.3 is 0 Å². The highest BCUT2D eigenvalue weighted by atomic mass is 19.2. The smallest absolute Gasteiger partial charge is 0.272 e. The van der Waals surface area contributed by atoms with Crippen LogP contribution in [-0.2, 0) is 22.5 Å². The standard InChI is InChI=1S/C20H24F2N4O3/c1-11(2)16(19(27)23-3)25-20(28)17-15-6-8-29-9-7-26(15)18(24-17)12-4-5-13(21)14(22)10-12/h4-5,10-11,16H,6-9H2,1-3H3,(H,23,27)(H,25,28). The molecule has 1 aromatic carbocycles. The second kappa shape index (κ2) is 8.69. The maximum atomic E-state index is 13.8. The van der Waals surface area contributed by atoms with Crippen LogP contribution in [0, 0.1) is 17.6 Å². The van der Waals surface area contributed by atoms with Gasteiger partial charge in [-0.05, 0) is 24.1 Å². The molecule has 3 rings (SSSR count). The van der Waals surface area contributed by atoms with Crippen molar-refractivity contribution in [3.05, 3.63) is 41.2 Å². The molecule has 7 nitrogen and oxygen atoms in total. The van der Waals surface area contributed by atoms with Crippen LogP contribution in [0.2, 0.25) is 0 Å². The largest absolute Gasteiger partial charge is 0.379 e. The fraction of sp³-hybridized carbons (Fsp3) is 0.450. The molecule has 0 spiro atoms. The minimum absolute atomic E-state index is 0.130. The number of aromatic nitrogens is 2. The molecular weight excluding hydrogens is 382 g/mol. The van der Waals surface area contributed by atoms with Gasteiger partial charge in [-0.2, -0.15) is 0 Å². The summed E-state index contributed by atoms with van der Waals surface area (Å²) in [5, 5.41) is 5.28. The van der Waals surface area contributed by atoms with E-state index in [0.717, 1.165) is 12.1 Å². The van der Waals surface area contributed by atoms with Crippen molar-refractivity contribution >= 4 is 11.8 Å². The summed E-state index contributed by atoms with van der Waals surface area (Å²) in [6.45, 7) is 4.90. The van der Waals surface area contributed by atoms with E-state index in [-0.39, 0.29) is 17.5 Å². The van der Waals surface area contributed by atoms with Gasteiger partial charge in [0.2, 0.25) is 5.91 Å². The summed E-state index contributed by atoms with van der Waals surface area (Å²) in [4.78, 5) is 29.5. The van der Waals surface area contributed by atoms with E-state index in [1.807, 2.05) is 13.8 Å². The Morgan fingerprint density at radius 2 is 1.97 bits per heavy atom. The Hall–Kier alpha value is -2.81. The molecule has 0 saturated heterocycles. The molecule has 156 valence electrons. The van der Waals surface area contributed by atoms with Gasteiger partial charge in [0.25, 0.3) is 5.91 Å². The molecule has 0 radical (unpaired) electrons. The molecule has 1 atom stereocenters. The molecule has 1 aliphatic heterocycles. The Balaban J connectivity index is 2.02. The van der Waals surface area contributed by atoms with Gasteiger partial charge in [0, 0.05) is 25.6 Å². The molecule has 0 aliphatic carbocycles. The van der Waals surface area contributed by atoms with Gasteiger partial charge in [0.1, 0.15) is 17.6 Å². The number of benzene rings is 1. The number of rotatable bonds is 5. The number of nitrogens with zero attached hydrogens (tertiary/aromatic N) is 2. The summed E-state index contributed by atoms with van der Waals surface area (Å²) >= 11 is 0. The van der Waals surface area contributed by atoms with E-state index in [9.17, 15) is 18.4 Å². The van der Waals surface area contributed by atoms with E-state index >= 15 is 0 Å². The zero-order valence-corrected chi connectivity index (χ0v) is 16.6. The van der Waals surface area contributed by atoms with E-state index in [4.69, 9.17) is 4.74 Å². The summed E-state index contributed by atoms with van der Waals surface area (Å²) in [6.07, 6.45) is 0.436. The first-order valence-corrected chi connectivity index (χ1v) is 9.48. The molecule has 1 aromatic heterocycles. The number of fused-ring (bicyclic) bond motifs is 1. The SMILES string of the molecule is CNC(=O)C(NC(=O)c1nc(-c2ccc(F)c(F)c2)n2c1CCOCC2)C(C)C. The lowest BCUT2D eigenvalue weighted by Gasteiger charge is -2.20. The predicted molar refractivity (Wildman–Crippen MR) is 102 cm³/mol. The van der Waals surface area contributed by atoms with E-state index in [1.54, 1.807) is 4.57 Å². The molecule has 9 heteroatoms. The van der Waals surface area contributed by atoms with Crippen LogP contribution in [0.15, 0.2) is 18.2 Å². The third-order valence-corrected chi connectivity index (χ3v) is 4.89. The quantitative estimate of drug-likeness (QED) is 0.794. The van der Waals surface area contributed by atoms with Crippen molar-refractivity contribution in [2.75, 3.05) is 20.3 Å². The molecule has 2 aromatic rings. The first kappa shape index (κ1) is 20.9. The molecule has 1 unspecified atom stereocenters. The Morgan fingerprint density at radius 1 is 1.21 bits per heavy atom. The summed E-state index contributed by atoms with van der Waals surface area (Å²) in [6, 6.07) is 2.78. The molecular formula is C20H24F2N4O3. The number of imidazole rings is 1. The third-order valence-electron chi connectivity index (χ3n) is 4.89. The molecule has 2 heterocycles. The van der Waals surface area contributed by atoms with Crippen LogP contribution in [0.25, 0.3) is 11.4 Å². The van der Waals surface area contributed by atoms with Crippen LogP contribution in [0.4, 0.5) is 8.78 Å². The number of likely N-dealkylation sites (N-methyl/N-ethyl adjacent to an activating group) is 1. The van der Waals surface area contributed by atoms with Gasteiger partial charge in [-0.1, -0.05) is 13.8 Å². The molecule has 29 heavy (non-hydrogen) atoms. The third kappa shape index (κ3) is 4.29. The highest BCUT2D eigenvalue weighted by molar-refractivity contribution is 5.97. The normalized spacial score (nSPS) is 14.8.